The lowest BCUT2D eigenvalue weighted by atomic mass is 9.89. The molecule has 1 amide bonds. The summed E-state index contributed by atoms with van der Waals surface area (Å²) in [6.45, 7) is 3.11. The number of nitrogens with zero attached hydrogens (tertiary/aromatic N) is 1. The summed E-state index contributed by atoms with van der Waals surface area (Å²) in [7, 11) is -4.09. The normalized spacial score (nSPS) is 16.0. The molecule has 5 nitrogen and oxygen atoms in total. The van der Waals surface area contributed by atoms with Gasteiger partial charge in [0.1, 0.15) is 6.04 Å². The second-order valence-electron chi connectivity index (χ2n) is 8.36. The molecule has 0 aromatic heterocycles. The summed E-state index contributed by atoms with van der Waals surface area (Å²) in [6.07, 6.45) is 0.322. The van der Waals surface area contributed by atoms with E-state index in [1.807, 2.05) is 18.2 Å². The van der Waals surface area contributed by atoms with Crippen molar-refractivity contribution in [1.82, 2.24) is 5.32 Å². The van der Waals surface area contributed by atoms with E-state index in [4.69, 9.17) is 11.6 Å². The fourth-order valence-electron chi connectivity index (χ4n) is 4.12. The van der Waals surface area contributed by atoms with Crippen molar-refractivity contribution >= 4 is 33.2 Å². The first-order valence-corrected chi connectivity index (χ1v) is 12.8. The topological polar surface area (TPSA) is 66.5 Å². The molecule has 0 unspecified atom stereocenters. The van der Waals surface area contributed by atoms with E-state index in [-0.39, 0.29) is 5.69 Å². The lowest BCUT2D eigenvalue weighted by molar-refractivity contribution is -0.137. The lowest BCUT2D eigenvalue weighted by Crippen LogP contribution is -2.48. The van der Waals surface area contributed by atoms with Crippen molar-refractivity contribution in [1.29, 1.82) is 0 Å². The number of carbonyl (C=O) groups excluding carboxylic acids is 1. The summed E-state index contributed by atoms with van der Waals surface area (Å²) in [5.41, 5.74) is 1.95. The Morgan fingerprint density at radius 2 is 1.70 bits per heavy atom. The number of benzene rings is 2. The van der Waals surface area contributed by atoms with Gasteiger partial charge in [-0.25, -0.2) is 8.42 Å². The minimum absolute atomic E-state index is 0.293. The van der Waals surface area contributed by atoms with Crippen LogP contribution < -0.4 is 9.62 Å². The first-order valence-electron chi connectivity index (χ1n) is 10.6. The number of carbonyl (C=O) groups is 1. The largest absolute Gasteiger partial charge is 0.417 e. The average molecular weight is 503 g/mol. The standard InChI is InChI=1S/C23H26ClF3N2O3S/c1-14(17-9-8-16-6-4-5-7-18(16)12-17)28-22(30)15(2)29(33(3,31)32)19-10-11-21(24)20(13-19)23(25,26)27/h8-15H,4-7H2,1-3H3,(H,28,30)/t14-,15-/m1/s1. The minimum atomic E-state index is -4.78. The predicted octanol–water partition coefficient (Wildman–Crippen LogP) is 5.27. The van der Waals surface area contributed by atoms with Gasteiger partial charge in [-0.2, -0.15) is 13.2 Å². The monoisotopic (exact) mass is 502 g/mol. The number of aryl methyl sites for hydroxylation is 2. The number of fused-ring (bicyclic) bond motifs is 1. The van der Waals surface area contributed by atoms with Gasteiger partial charge in [0.25, 0.3) is 0 Å². The van der Waals surface area contributed by atoms with Gasteiger partial charge in [0, 0.05) is 0 Å². The van der Waals surface area contributed by atoms with E-state index in [2.05, 4.69) is 5.32 Å². The summed E-state index contributed by atoms with van der Waals surface area (Å²) >= 11 is 5.66. The lowest BCUT2D eigenvalue weighted by Gasteiger charge is -2.30. The van der Waals surface area contributed by atoms with Crippen LogP contribution in [-0.4, -0.2) is 26.6 Å². The zero-order chi connectivity index (χ0) is 24.6. The highest BCUT2D eigenvalue weighted by Gasteiger charge is 2.36. The Morgan fingerprint density at radius 1 is 1.06 bits per heavy atom. The van der Waals surface area contributed by atoms with Gasteiger partial charge in [0.05, 0.1) is 28.6 Å². The molecule has 2 aromatic carbocycles. The maximum Gasteiger partial charge on any atom is 0.417 e. The van der Waals surface area contributed by atoms with E-state index < -0.39 is 44.8 Å². The summed E-state index contributed by atoms with van der Waals surface area (Å²) in [5, 5.41) is 2.23. The second kappa shape index (κ2) is 9.54. The highest BCUT2D eigenvalue weighted by atomic mass is 35.5. The van der Waals surface area contributed by atoms with Gasteiger partial charge in [-0.3, -0.25) is 9.10 Å². The number of sulfonamides is 1. The third-order valence-corrected chi connectivity index (χ3v) is 7.40. The third-order valence-electron chi connectivity index (χ3n) is 5.83. The van der Waals surface area contributed by atoms with Crippen LogP contribution in [0.3, 0.4) is 0 Å². The van der Waals surface area contributed by atoms with E-state index >= 15 is 0 Å². The van der Waals surface area contributed by atoms with Crippen LogP contribution >= 0.6 is 11.6 Å². The summed E-state index contributed by atoms with van der Waals surface area (Å²) in [4.78, 5) is 13.0. The van der Waals surface area contributed by atoms with Crippen molar-refractivity contribution in [3.8, 4) is 0 Å². The maximum absolute atomic E-state index is 13.3. The molecule has 3 rings (SSSR count). The number of hydrogen-bond acceptors (Lipinski definition) is 3. The number of amides is 1. The van der Waals surface area contributed by atoms with Crippen LogP contribution in [0.5, 0.6) is 0 Å². The van der Waals surface area contributed by atoms with Gasteiger partial charge in [0.2, 0.25) is 15.9 Å². The molecule has 1 aliphatic carbocycles. The zero-order valence-electron chi connectivity index (χ0n) is 18.5. The zero-order valence-corrected chi connectivity index (χ0v) is 20.1. The molecule has 0 fully saturated rings. The SMILES string of the molecule is C[C@H](C(=O)N[C@H](C)c1ccc2c(c1)CCCC2)N(c1ccc(Cl)c(C(F)(F)F)c1)S(C)(=O)=O. The summed E-state index contributed by atoms with van der Waals surface area (Å²) in [6, 6.07) is 7.08. The molecule has 1 aliphatic rings. The number of hydrogen-bond donors (Lipinski definition) is 1. The number of halogens is 4. The van der Waals surface area contributed by atoms with E-state index in [9.17, 15) is 26.4 Å². The van der Waals surface area contributed by atoms with Gasteiger partial charge in [-0.05, 0) is 74.4 Å². The number of nitrogens with one attached hydrogen (secondary N) is 1. The van der Waals surface area contributed by atoms with E-state index in [1.165, 1.54) is 18.1 Å². The molecule has 10 heteroatoms. The average Bonchev–Trinajstić information content (AvgIpc) is 2.72. The Labute approximate surface area is 197 Å². The first kappa shape index (κ1) is 25.4. The highest BCUT2D eigenvalue weighted by molar-refractivity contribution is 7.92. The van der Waals surface area contributed by atoms with Crippen LogP contribution in [0.1, 0.15) is 55.0 Å². The molecule has 0 radical (unpaired) electrons. The molecule has 33 heavy (non-hydrogen) atoms. The van der Waals surface area contributed by atoms with Crippen LogP contribution in [0.2, 0.25) is 5.02 Å². The van der Waals surface area contributed by atoms with Crippen molar-refractivity contribution < 1.29 is 26.4 Å². The minimum Gasteiger partial charge on any atom is -0.348 e. The summed E-state index contributed by atoms with van der Waals surface area (Å²) < 4.78 is 65.5. The van der Waals surface area contributed by atoms with Crippen molar-refractivity contribution in [2.75, 3.05) is 10.6 Å². The Balaban J connectivity index is 1.86. The van der Waals surface area contributed by atoms with E-state index in [0.29, 0.717) is 10.4 Å². The first-order chi connectivity index (χ1) is 15.3. The quantitative estimate of drug-likeness (QED) is 0.585. The molecule has 0 aliphatic heterocycles. The molecular formula is C23H26ClF3N2O3S. The molecule has 0 saturated heterocycles. The summed E-state index contributed by atoms with van der Waals surface area (Å²) in [5.74, 6) is -0.630. The highest BCUT2D eigenvalue weighted by Crippen LogP contribution is 2.38. The Hall–Kier alpha value is -2.26. The van der Waals surface area contributed by atoms with Crippen LogP contribution in [0.15, 0.2) is 36.4 Å². The van der Waals surface area contributed by atoms with Gasteiger partial charge < -0.3 is 5.32 Å². The third kappa shape index (κ3) is 5.81. The van der Waals surface area contributed by atoms with E-state index in [0.717, 1.165) is 49.6 Å². The molecule has 2 aromatic rings. The smallest absolute Gasteiger partial charge is 0.348 e. The van der Waals surface area contributed by atoms with Crippen LogP contribution in [-0.2, 0) is 33.8 Å². The predicted molar refractivity (Wildman–Crippen MR) is 123 cm³/mol. The Bertz CT molecular complexity index is 1150. The van der Waals surface area contributed by atoms with Crippen molar-refractivity contribution in [3.63, 3.8) is 0 Å². The second-order valence-corrected chi connectivity index (χ2v) is 10.6. The van der Waals surface area contributed by atoms with Crippen LogP contribution in [0, 0.1) is 0 Å². The molecule has 0 saturated carbocycles. The fraction of sp³-hybridized carbons (Fsp3) is 0.435. The molecule has 0 spiro atoms. The Kier molecular flexibility index (Phi) is 7.33. The van der Waals surface area contributed by atoms with Gasteiger partial charge in [-0.15, -0.1) is 0 Å². The molecule has 0 heterocycles. The molecule has 2 atom stereocenters. The van der Waals surface area contributed by atoms with Gasteiger partial charge in [-0.1, -0.05) is 29.8 Å². The van der Waals surface area contributed by atoms with Gasteiger partial charge >= 0.3 is 6.18 Å². The molecule has 1 N–H and O–H groups in total. The maximum atomic E-state index is 13.3. The Morgan fingerprint density at radius 3 is 2.30 bits per heavy atom. The van der Waals surface area contributed by atoms with Crippen molar-refractivity contribution in [3.05, 3.63) is 63.7 Å². The van der Waals surface area contributed by atoms with Crippen LogP contribution in [0.4, 0.5) is 18.9 Å². The van der Waals surface area contributed by atoms with E-state index in [1.54, 1.807) is 6.92 Å². The van der Waals surface area contributed by atoms with Gasteiger partial charge in [0.15, 0.2) is 0 Å². The molecule has 0 bridgehead atoms. The number of anilines is 1. The molecular weight excluding hydrogens is 477 g/mol. The van der Waals surface area contributed by atoms with Crippen LogP contribution in [0.25, 0.3) is 0 Å². The van der Waals surface area contributed by atoms with Crippen molar-refractivity contribution in [2.45, 2.75) is 57.8 Å². The van der Waals surface area contributed by atoms with Crippen molar-refractivity contribution in [2.24, 2.45) is 0 Å². The number of rotatable bonds is 6. The fourth-order valence-corrected chi connectivity index (χ4v) is 5.51. The molecule has 180 valence electrons. The number of alkyl halides is 3.